The van der Waals surface area contributed by atoms with E-state index in [2.05, 4.69) is 21.2 Å². The van der Waals surface area contributed by atoms with Gasteiger partial charge in [-0.1, -0.05) is 58.4 Å². The topological polar surface area (TPSA) is 44.6 Å². The summed E-state index contributed by atoms with van der Waals surface area (Å²) in [6.07, 6.45) is 0.333. The number of nitrogens with one attached hydrogen (secondary N) is 1. The van der Waals surface area contributed by atoms with E-state index in [0.717, 1.165) is 26.9 Å². The van der Waals surface area contributed by atoms with Crippen LogP contribution in [0.2, 0.25) is 0 Å². The van der Waals surface area contributed by atoms with Crippen LogP contribution in [0.3, 0.4) is 0 Å². The Bertz CT molecular complexity index is 970. The lowest BCUT2D eigenvalue weighted by atomic mass is 9.93. The first-order valence-electron chi connectivity index (χ1n) is 8.72. The van der Waals surface area contributed by atoms with Gasteiger partial charge in [0.15, 0.2) is 0 Å². The largest absolute Gasteiger partial charge is 0.508 e. The average Bonchev–Trinajstić information content (AvgIpc) is 2.69. The molecule has 0 spiro atoms. The van der Waals surface area contributed by atoms with E-state index in [1.54, 1.807) is 18.2 Å². The highest BCUT2D eigenvalue weighted by Crippen LogP contribution is 2.34. The molecule has 3 aromatic rings. The summed E-state index contributed by atoms with van der Waals surface area (Å²) < 4.78 is 14.3. The van der Waals surface area contributed by atoms with Crippen LogP contribution in [0, 0.1) is 5.82 Å². The van der Waals surface area contributed by atoms with E-state index >= 15 is 0 Å². The summed E-state index contributed by atoms with van der Waals surface area (Å²) >= 11 is 3.46. The summed E-state index contributed by atoms with van der Waals surface area (Å²) in [5, 5.41) is 13.8. The van der Waals surface area contributed by atoms with Gasteiger partial charge in [0.05, 0.1) is 0 Å². The lowest BCUT2D eigenvalue weighted by Gasteiger charge is -2.31. The lowest BCUT2D eigenvalue weighted by molar-refractivity contribution is 0.412. The third-order valence-electron chi connectivity index (χ3n) is 4.72. The van der Waals surface area contributed by atoms with Gasteiger partial charge < -0.3 is 5.11 Å². The van der Waals surface area contributed by atoms with Gasteiger partial charge in [-0.3, -0.25) is 10.3 Å². The van der Waals surface area contributed by atoms with Crippen molar-refractivity contribution >= 4 is 21.6 Å². The molecule has 0 bridgehead atoms. The molecule has 27 heavy (non-hydrogen) atoms. The van der Waals surface area contributed by atoms with Gasteiger partial charge in [0.1, 0.15) is 17.7 Å². The zero-order valence-electron chi connectivity index (χ0n) is 14.4. The molecule has 3 nitrogen and oxygen atoms in total. The number of rotatable bonds is 3. The van der Waals surface area contributed by atoms with Gasteiger partial charge in [0, 0.05) is 28.2 Å². The molecule has 3 aromatic carbocycles. The molecular formula is C22H18BrFN2O. The second-order valence-corrected chi connectivity index (χ2v) is 7.43. The maximum atomic E-state index is 13.3. The minimum atomic E-state index is -0.317. The first-order chi connectivity index (χ1) is 13.1. The normalized spacial score (nSPS) is 19.6. The van der Waals surface area contributed by atoms with Crippen LogP contribution in [-0.2, 0) is 0 Å². The Hall–Kier alpha value is -2.50. The lowest BCUT2D eigenvalue weighted by Crippen LogP contribution is -2.33. The van der Waals surface area contributed by atoms with Crippen molar-refractivity contribution in [2.24, 2.45) is 4.99 Å². The van der Waals surface area contributed by atoms with E-state index in [4.69, 9.17) is 4.99 Å². The third-order valence-corrected chi connectivity index (χ3v) is 5.25. The SMILES string of the molecule is Oc1ccccc1[C@H]1CC(c2ccc(Br)cc2)=N[C@H](c2ccc(F)cc2)N1. The molecular weight excluding hydrogens is 407 g/mol. The Morgan fingerprint density at radius 3 is 2.37 bits per heavy atom. The van der Waals surface area contributed by atoms with E-state index < -0.39 is 0 Å². The van der Waals surface area contributed by atoms with Crippen molar-refractivity contribution in [3.05, 3.63) is 99.8 Å². The van der Waals surface area contributed by atoms with Crippen molar-refractivity contribution in [3.63, 3.8) is 0 Å². The number of halogens is 2. The van der Waals surface area contributed by atoms with Crippen molar-refractivity contribution in [1.82, 2.24) is 5.32 Å². The van der Waals surface area contributed by atoms with Gasteiger partial charge in [-0.2, -0.15) is 0 Å². The fourth-order valence-corrected chi connectivity index (χ4v) is 3.59. The van der Waals surface area contributed by atoms with Crippen LogP contribution in [-0.4, -0.2) is 10.8 Å². The van der Waals surface area contributed by atoms with E-state index in [1.807, 2.05) is 42.5 Å². The zero-order chi connectivity index (χ0) is 18.8. The maximum absolute atomic E-state index is 13.3. The van der Waals surface area contributed by atoms with E-state index in [1.165, 1.54) is 12.1 Å². The monoisotopic (exact) mass is 424 g/mol. The number of hydrogen-bond donors (Lipinski definition) is 2. The summed E-state index contributed by atoms with van der Waals surface area (Å²) in [6, 6.07) is 21.6. The molecule has 2 atom stereocenters. The van der Waals surface area contributed by atoms with Crippen molar-refractivity contribution in [3.8, 4) is 5.75 Å². The molecule has 2 N–H and O–H groups in total. The van der Waals surface area contributed by atoms with Crippen LogP contribution in [0.5, 0.6) is 5.75 Å². The standard InChI is InChI=1S/C22H18BrFN2O/c23-16-9-5-14(6-10-16)19-13-20(18-3-1-2-4-21(18)27)26-22(25-19)15-7-11-17(24)12-8-15/h1-12,20,22,26-27H,13H2/t20-,22+/m1/s1. The first kappa shape index (κ1) is 17.9. The highest BCUT2D eigenvalue weighted by Gasteiger charge is 2.27. The van der Waals surface area contributed by atoms with E-state index in [9.17, 15) is 9.50 Å². The highest BCUT2D eigenvalue weighted by atomic mass is 79.9. The Kier molecular flexibility index (Phi) is 5.05. The Balaban J connectivity index is 1.75. The summed E-state index contributed by atoms with van der Waals surface area (Å²) in [5.74, 6) is -0.0196. The average molecular weight is 425 g/mol. The summed E-state index contributed by atoms with van der Waals surface area (Å²) in [7, 11) is 0. The maximum Gasteiger partial charge on any atom is 0.126 e. The quantitative estimate of drug-likeness (QED) is 0.581. The molecule has 0 amide bonds. The number of para-hydroxylation sites is 1. The number of aromatic hydroxyl groups is 1. The summed E-state index contributed by atoms with van der Waals surface area (Å²) in [6.45, 7) is 0. The number of hydrogen-bond acceptors (Lipinski definition) is 3. The van der Waals surface area contributed by atoms with Crippen LogP contribution in [0.25, 0.3) is 0 Å². The van der Waals surface area contributed by atoms with Gasteiger partial charge in [-0.15, -0.1) is 0 Å². The Morgan fingerprint density at radius 1 is 0.963 bits per heavy atom. The molecule has 0 saturated carbocycles. The van der Waals surface area contributed by atoms with Gasteiger partial charge in [-0.25, -0.2) is 4.39 Å². The molecule has 0 radical (unpaired) electrons. The second kappa shape index (κ2) is 7.62. The van der Waals surface area contributed by atoms with E-state index in [-0.39, 0.29) is 23.8 Å². The smallest absolute Gasteiger partial charge is 0.126 e. The molecule has 4 rings (SSSR count). The molecule has 0 fully saturated rings. The van der Waals surface area contributed by atoms with Gasteiger partial charge >= 0.3 is 0 Å². The molecule has 1 aliphatic rings. The van der Waals surface area contributed by atoms with Crippen molar-refractivity contribution in [1.29, 1.82) is 0 Å². The Labute approximate surface area is 165 Å². The molecule has 1 aliphatic heterocycles. The minimum absolute atomic E-state index is 0.0996. The number of nitrogens with zero attached hydrogens (tertiary/aromatic N) is 1. The predicted octanol–water partition coefficient (Wildman–Crippen LogP) is 5.52. The minimum Gasteiger partial charge on any atom is -0.508 e. The van der Waals surface area contributed by atoms with Gasteiger partial charge in [0.2, 0.25) is 0 Å². The first-order valence-corrected chi connectivity index (χ1v) is 9.51. The van der Waals surface area contributed by atoms with Crippen molar-refractivity contribution < 1.29 is 9.50 Å². The molecule has 0 aliphatic carbocycles. The van der Waals surface area contributed by atoms with Crippen LogP contribution >= 0.6 is 15.9 Å². The van der Waals surface area contributed by atoms with Crippen LogP contribution < -0.4 is 5.32 Å². The van der Waals surface area contributed by atoms with Gasteiger partial charge in [0.25, 0.3) is 0 Å². The fourth-order valence-electron chi connectivity index (χ4n) is 3.32. The van der Waals surface area contributed by atoms with Gasteiger partial charge in [-0.05, 0) is 41.5 Å². The molecule has 136 valence electrons. The van der Waals surface area contributed by atoms with Crippen LogP contribution in [0.4, 0.5) is 4.39 Å². The third kappa shape index (κ3) is 3.94. The summed E-state index contributed by atoms with van der Waals surface area (Å²) in [5.41, 5.74) is 3.69. The number of aliphatic imine (C=N–C) groups is 1. The second-order valence-electron chi connectivity index (χ2n) is 6.52. The number of phenolic OH excluding ortho intramolecular Hbond substituents is 1. The van der Waals surface area contributed by atoms with Crippen LogP contribution in [0.1, 0.15) is 35.3 Å². The van der Waals surface area contributed by atoms with E-state index in [0.29, 0.717) is 6.42 Å². The molecule has 1 heterocycles. The molecule has 5 heteroatoms. The number of benzene rings is 3. The Morgan fingerprint density at radius 2 is 1.67 bits per heavy atom. The fraction of sp³-hybridized carbons (Fsp3) is 0.136. The number of phenols is 1. The molecule has 0 unspecified atom stereocenters. The molecule has 0 saturated heterocycles. The highest BCUT2D eigenvalue weighted by molar-refractivity contribution is 9.10. The van der Waals surface area contributed by atoms with Crippen LogP contribution in [0.15, 0.2) is 82.3 Å². The predicted molar refractivity (Wildman–Crippen MR) is 108 cm³/mol. The van der Waals surface area contributed by atoms with Crippen molar-refractivity contribution in [2.75, 3.05) is 0 Å². The summed E-state index contributed by atoms with van der Waals surface area (Å²) in [4.78, 5) is 4.87. The van der Waals surface area contributed by atoms with Crippen molar-refractivity contribution in [2.45, 2.75) is 18.6 Å². The zero-order valence-corrected chi connectivity index (χ0v) is 16.0. The molecule has 0 aromatic heterocycles.